The first-order chi connectivity index (χ1) is 9.86. The molecule has 0 aromatic rings. The molecule has 0 aliphatic heterocycles. The van der Waals surface area contributed by atoms with Crippen LogP contribution < -0.4 is 0 Å². The fourth-order valence-corrected chi connectivity index (χ4v) is 1.57. The molecular weight excluding hydrogens is 268 g/mol. The summed E-state index contributed by atoms with van der Waals surface area (Å²) < 4.78 is 10.3. The van der Waals surface area contributed by atoms with Gasteiger partial charge in [-0.15, -0.1) is 0 Å². The molecule has 4 nitrogen and oxygen atoms in total. The lowest BCUT2D eigenvalue weighted by atomic mass is 10.1. The van der Waals surface area contributed by atoms with Crippen molar-refractivity contribution >= 4 is 11.9 Å². The van der Waals surface area contributed by atoms with Crippen LogP contribution in [-0.4, -0.2) is 25.2 Å². The first kappa shape index (κ1) is 19.7. The maximum atomic E-state index is 12.0. The Morgan fingerprint density at radius 1 is 0.952 bits per heavy atom. The van der Waals surface area contributed by atoms with Crippen molar-refractivity contribution in [3.8, 4) is 0 Å². The molecule has 0 heterocycles. The molecule has 0 saturated carbocycles. The van der Waals surface area contributed by atoms with Crippen molar-refractivity contribution in [2.24, 2.45) is 11.8 Å². The van der Waals surface area contributed by atoms with Crippen LogP contribution in [-0.2, 0) is 19.1 Å². The number of unbranched alkanes of at least 4 members (excludes halogenated alkanes) is 2. The highest BCUT2D eigenvalue weighted by atomic mass is 16.5. The molecule has 0 aromatic heterocycles. The Bertz CT molecular complexity index is 343. The van der Waals surface area contributed by atoms with Crippen LogP contribution >= 0.6 is 0 Å². The molecule has 0 aliphatic carbocycles. The molecule has 0 saturated heterocycles. The highest BCUT2D eigenvalue weighted by Gasteiger charge is 2.14. The smallest absolute Gasteiger partial charge is 0.334 e. The fraction of sp³-hybridized carbons (Fsp3) is 0.765. The van der Waals surface area contributed by atoms with Gasteiger partial charge in [0.05, 0.1) is 13.2 Å². The number of ether oxygens (including phenoxy) is 2. The maximum Gasteiger partial charge on any atom is 0.334 e. The Morgan fingerprint density at radius 2 is 1.52 bits per heavy atom. The Balaban J connectivity index is 4.61. The standard InChI is InChI=1S/C17H30O4/c1-6-7-8-9-15(17(19)21-12-14(4)5)10-16(18)20-11-13(2)3/h10,13-14H,6-9,11-12H2,1-5H3. The predicted molar refractivity (Wildman–Crippen MR) is 83.8 cm³/mol. The van der Waals surface area contributed by atoms with Crippen molar-refractivity contribution in [3.63, 3.8) is 0 Å². The molecule has 0 fully saturated rings. The zero-order chi connectivity index (χ0) is 16.3. The Morgan fingerprint density at radius 3 is 2.05 bits per heavy atom. The van der Waals surface area contributed by atoms with E-state index in [9.17, 15) is 9.59 Å². The first-order valence-corrected chi connectivity index (χ1v) is 7.91. The summed E-state index contributed by atoms with van der Waals surface area (Å²) in [6.07, 6.45) is 4.81. The number of hydrogen-bond acceptors (Lipinski definition) is 4. The minimum Gasteiger partial charge on any atom is -0.462 e. The van der Waals surface area contributed by atoms with Gasteiger partial charge in [0.25, 0.3) is 0 Å². The molecule has 4 heteroatoms. The summed E-state index contributed by atoms with van der Waals surface area (Å²) in [4.78, 5) is 23.7. The minimum absolute atomic E-state index is 0.277. The van der Waals surface area contributed by atoms with Gasteiger partial charge in [-0.05, 0) is 24.7 Å². The Hall–Kier alpha value is -1.32. The van der Waals surface area contributed by atoms with Gasteiger partial charge in [-0.2, -0.15) is 0 Å². The monoisotopic (exact) mass is 298 g/mol. The summed E-state index contributed by atoms with van der Waals surface area (Å²) >= 11 is 0. The maximum absolute atomic E-state index is 12.0. The van der Waals surface area contributed by atoms with Crippen molar-refractivity contribution in [1.82, 2.24) is 0 Å². The van der Waals surface area contributed by atoms with Gasteiger partial charge in [-0.1, -0.05) is 47.5 Å². The van der Waals surface area contributed by atoms with E-state index in [1.54, 1.807) is 0 Å². The van der Waals surface area contributed by atoms with Crippen molar-refractivity contribution in [1.29, 1.82) is 0 Å². The number of hydrogen-bond donors (Lipinski definition) is 0. The SMILES string of the molecule is CCCCCC(=CC(=O)OCC(C)C)C(=O)OCC(C)C. The number of rotatable bonds is 10. The zero-order valence-corrected chi connectivity index (χ0v) is 14.1. The molecule has 0 rings (SSSR count). The summed E-state index contributed by atoms with van der Waals surface area (Å²) in [6, 6.07) is 0. The van der Waals surface area contributed by atoms with Crippen LogP contribution in [0.1, 0.15) is 60.3 Å². The van der Waals surface area contributed by atoms with Crippen LogP contribution in [0.25, 0.3) is 0 Å². The van der Waals surface area contributed by atoms with Crippen LogP contribution in [0.5, 0.6) is 0 Å². The van der Waals surface area contributed by atoms with E-state index in [0.29, 0.717) is 25.2 Å². The van der Waals surface area contributed by atoms with Gasteiger partial charge < -0.3 is 9.47 Å². The number of esters is 2. The predicted octanol–water partition coefficient (Wildman–Crippen LogP) is 3.89. The summed E-state index contributed by atoms with van der Waals surface area (Å²) in [5, 5.41) is 0. The van der Waals surface area contributed by atoms with E-state index in [-0.39, 0.29) is 11.8 Å². The van der Waals surface area contributed by atoms with Gasteiger partial charge in [0.1, 0.15) is 0 Å². The van der Waals surface area contributed by atoms with Gasteiger partial charge >= 0.3 is 11.9 Å². The molecular formula is C17H30O4. The van der Waals surface area contributed by atoms with E-state index in [2.05, 4.69) is 6.92 Å². The summed E-state index contributed by atoms with van der Waals surface area (Å²) in [7, 11) is 0. The third-order valence-corrected chi connectivity index (χ3v) is 2.71. The largest absolute Gasteiger partial charge is 0.462 e. The third kappa shape index (κ3) is 11.1. The molecule has 0 aromatic carbocycles. The van der Waals surface area contributed by atoms with Crippen LogP contribution in [0.2, 0.25) is 0 Å². The molecule has 0 spiro atoms. The fourth-order valence-electron chi connectivity index (χ4n) is 1.57. The van der Waals surface area contributed by atoms with Gasteiger partial charge in [0, 0.05) is 11.6 Å². The second kappa shape index (κ2) is 11.4. The van der Waals surface area contributed by atoms with E-state index >= 15 is 0 Å². The van der Waals surface area contributed by atoms with Gasteiger partial charge in [-0.25, -0.2) is 9.59 Å². The Labute approximate surface area is 128 Å². The minimum atomic E-state index is -0.461. The zero-order valence-electron chi connectivity index (χ0n) is 14.1. The van der Waals surface area contributed by atoms with Crippen molar-refractivity contribution < 1.29 is 19.1 Å². The molecule has 0 unspecified atom stereocenters. The second-order valence-corrected chi connectivity index (χ2v) is 6.14. The normalized spacial score (nSPS) is 11.9. The molecule has 0 N–H and O–H groups in total. The molecule has 0 atom stereocenters. The lowest BCUT2D eigenvalue weighted by molar-refractivity contribution is -0.142. The highest BCUT2D eigenvalue weighted by Crippen LogP contribution is 2.12. The topological polar surface area (TPSA) is 52.6 Å². The quantitative estimate of drug-likeness (QED) is 0.349. The molecule has 21 heavy (non-hydrogen) atoms. The second-order valence-electron chi connectivity index (χ2n) is 6.14. The van der Waals surface area contributed by atoms with Crippen LogP contribution in [0.3, 0.4) is 0 Å². The van der Waals surface area contributed by atoms with Crippen molar-refractivity contribution in [2.75, 3.05) is 13.2 Å². The van der Waals surface area contributed by atoms with E-state index < -0.39 is 11.9 Å². The van der Waals surface area contributed by atoms with Crippen LogP contribution in [0.15, 0.2) is 11.6 Å². The van der Waals surface area contributed by atoms with E-state index in [1.807, 2.05) is 27.7 Å². The van der Waals surface area contributed by atoms with E-state index in [0.717, 1.165) is 19.3 Å². The van der Waals surface area contributed by atoms with Crippen molar-refractivity contribution in [3.05, 3.63) is 11.6 Å². The van der Waals surface area contributed by atoms with E-state index in [1.165, 1.54) is 6.08 Å². The molecule has 122 valence electrons. The average molecular weight is 298 g/mol. The number of carbonyl (C=O) groups is 2. The van der Waals surface area contributed by atoms with Gasteiger partial charge in [-0.3, -0.25) is 0 Å². The van der Waals surface area contributed by atoms with Gasteiger partial charge in [0.15, 0.2) is 0 Å². The summed E-state index contributed by atoms with van der Waals surface area (Å²) in [5.41, 5.74) is 0.415. The Kier molecular flexibility index (Phi) is 10.6. The first-order valence-electron chi connectivity index (χ1n) is 7.91. The third-order valence-electron chi connectivity index (χ3n) is 2.71. The average Bonchev–Trinajstić information content (AvgIpc) is 2.41. The van der Waals surface area contributed by atoms with Crippen LogP contribution in [0.4, 0.5) is 0 Å². The number of carbonyl (C=O) groups excluding carboxylic acids is 2. The van der Waals surface area contributed by atoms with Crippen molar-refractivity contribution in [2.45, 2.75) is 60.3 Å². The molecule has 0 bridgehead atoms. The lowest BCUT2D eigenvalue weighted by Gasteiger charge is -2.10. The lowest BCUT2D eigenvalue weighted by Crippen LogP contribution is -2.15. The van der Waals surface area contributed by atoms with Gasteiger partial charge in [0.2, 0.25) is 0 Å². The van der Waals surface area contributed by atoms with E-state index in [4.69, 9.17) is 9.47 Å². The molecule has 0 aliphatic rings. The molecule has 0 amide bonds. The van der Waals surface area contributed by atoms with Crippen LogP contribution in [0, 0.1) is 11.8 Å². The summed E-state index contributed by atoms with van der Waals surface area (Å²) in [5.74, 6) is -0.310. The summed E-state index contributed by atoms with van der Waals surface area (Å²) in [6.45, 7) is 10.7. The highest BCUT2D eigenvalue weighted by molar-refractivity contribution is 5.96. The molecule has 0 radical (unpaired) electrons.